The highest BCUT2D eigenvalue weighted by atomic mass is 32.2. The van der Waals surface area contributed by atoms with Crippen LogP contribution in [0.1, 0.15) is 17.4 Å². The summed E-state index contributed by atoms with van der Waals surface area (Å²) in [5.41, 5.74) is 0.397. The summed E-state index contributed by atoms with van der Waals surface area (Å²) in [6.45, 7) is 0. The lowest BCUT2D eigenvalue weighted by Crippen LogP contribution is -2.27. The maximum atomic E-state index is 11.9. The molecule has 0 aliphatic heterocycles. The first kappa shape index (κ1) is 16.1. The third-order valence-corrected chi connectivity index (χ3v) is 4.66. The van der Waals surface area contributed by atoms with Crippen LogP contribution >= 0.6 is 0 Å². The van der Waals surface area contributed by atoms with Crippen LogP contribution in [0.2, 0.25) is 0 Å². The number of rotatable bonds is 5. The van der Waals surface area contributed by atoms with E-state index in [1.165, 1.54) is 44.6 Å². The number of aliphatic hydroxyl groups excluding tert-OH is 1. The van der Waals surface area contributed by atoms with Gasteiger partial charge in [0.1, 0.15) is 12.4 Å². The minimum absolute atomic E-state index is 0.100. The fourth-order valence-electron chi connectivity index (χ4n) is 1.73. The molecule has 0 bridgehead atoms. The van der Waals surface area contributed by atoms with Gasteiger partial charge < -0.3 is 5.11 Å². The largest absolute Gasteiger partial charge is 0.382 e. The van der Waals surface area contributed by atoms with E-state index >= 15 is 0 Å². The topological polar surface area (TPSA) is 119 Å². The molecule has 0 aliphatic rings. The molecule has 1 atom stereocenters. The number of hydrogen-bond donors (Lipinski definition) is 1. The van der Waals surface area contributed by atoms with Crippen molar-refractivity contribution in [2.75, 3.05) is 14.1 Å². The molecule has 2 aromatic rings. The van der Waals surface area contributed by atoms with Gasteiger partial charge in [0.2, 0.25) is 0 Å². The minimum atomic E-state index is -3.70. The van der Waals surface area contributed by atoms with E-state index < -0.39 is 21.2 Å². The zero-order valence-electron chi connectivity index (χ0n) is 11.8. The molecule has 1 aromatic heterocycles. The van der Waals surface area contributed by atoms with Crippen LogP contribution in [0, 0.1) is 10.1 Å². The van der Waals surface area contributed by atoms with E-state index in [0.717, 1.165) is 14.6 Å². The van der Waals surface area contributed by atoms with Crippen molar-refractivity contribution in [2.24, 2.45) is 0 Å². The number of hydrogen-bond acceptors (Lipinski definition) is 6. The second-order valence-corrected chi connectivity index (χ2v) is 6.72. The number of imidazole rings is 1. The Labute approximate surface area is 126 Å². The number of nitro groups is 1. The number of nitro benzene ring substituents is 1. The van der Waals surface area contributed by atoms with Gasteiger partial charge in [-0.05, 0) is 17.7 Å². The number of non-ortho nitro benzene ring substituents is 1. The maximum absolute atomic E-state index is 11.9. The van der Waals surface area contributed by atoms with Gasteiger partial charge in [0.25, 0.3) is 5.69 Å². The van der Waals surface area contributed by atoms with Gasteiger partial charge in [-0.1, -0.05) is 0 Å². The summed E-state index contributed by atoms with van der Waals surface area (Å²) in [5, 5.41) is 20.8. The van der Waals surface area contributed by atoms with E-state index in [1.54, 1.807) is 0 Å². The van der Waals surface area contributed by atoms with Crippen molar-refractivity contribution in [3.8, 4) is 0 Å². The first-order chi connectivity index (χ1) is 10.2. The Balaban J connectivity index is 2.29. The lowest BCUT2D eigenvalue weighted by atomic mass is 10.1. The first-order valence-corrected chi connectivity index (χ1v) is 7.52. The van der Waals surface area contributed by atoms with Crippen LogP contribution in [0.3, 0.4) is 0 Å². The zero-order chi connectivity index (χ0) is 16.5. The van der Waals surface area contributed by atoms with Crippen LogP contribution < -0.4 is 0 Å². The van der Waals surface area contributed by atoms with Gasteiger partial charge in [-0.25, -0.2) is 8.96 Å². The first-order valence-electron chi connectivity index (χ1n) is 6.13. The number of aliphatic hydroxyl groups is 1. The Bertz CT molecular complexity index is 782. The average Bonchev–Trinajstić information content (AvgIpc) is 2.96. The Morgan fingerprint density at radius 2 is 1.91 bits per heavy atom. The molecule has 0 saturated carbocycles. The highest BCUT2D eigenvalue weighted by Crippen LogP contribution is 2.23. The van der Waals surface area contributed by atoms with Crippen molar-refractivity contribution >= 4 is 15.9 Å². The predicted molar refractivity (Wildman–Crippen MR) is 77.4 cm³/mol. The van der Waals surface area contributed by atoms with Gasteiger partial charge >= 0.3 is 10.2 Å². The summed E-state index contributed by atoms with van der Waals surface area (Å²) in [6.07, 6.45) is 1.10. The summed E-state index contributed by atoms with van der Waals surface area (Å²) in [4.78, 5) is 13.9. The average molecular weight is 326 g/mol. The molecule has 2 rings (SSSR count). The normalized spacial score (nSPS) is 13.3. The van der Waals surface area contributed by atoms with Crippen molar-refractivity contribution in [2.45, 2.75) is 6.10 Å². The van der Waals surface area contributed by atoms with E-state index in [0.29, 0.717) is 5.56 Å². The van der Waals surface area contributed by atoms with Crippen LogP contribution in [-0.4, -0.2) is 45.8 Å². The Kier molecular flexibility index (Phi) is 4.26. The molecule has 1 aromatic carbocycles. The van der Waals surface area contributed by atoms with Crippen molar-refractivity contribution in [1.82, 2.24) is 13.3 Å². The predicted octanol–water partition coefficient (Wildman–Crippen LogP) is 0.528. The molecule has 0 amide bonds. The highest BCUT2D eigenvalue weighted by Gasteiger charge is 2.20. The second-order valence-electron chi connectivity index (χ2n) is 4.67. The van der Waals surface area contributed by atoms with Gasteiger partial charge in [-0.15, -0.1) is 0 Å². The molecular weight excluding hydrogens is 312 g/mol. The molecular formula is C12H14N4O5S. The molecule has 1 heterocycles. The van der Waals surface area contributed by atoms with Gasteiger partial charge in [-0.2, -0.15) is 12.7 Å². The monoisotopic (exact) mass is 326 g/mol. The van der Waals surface area contributed by atoms with E-state index in [2.05, 4.69) is 4.98 Å². The van der Waals surface area contributed by atoms with E-state index in [9.17, 15) is 23.6 Å². The molecule has 1 N–H and O–H groups in total. The van der Waals surface area contributed by atoms with E-state index in [-0.39, 0.29) is 11.4 Å². The van der Waals surface area contributed by atoms with Crippen LogP contribution in [0.15, 0.2) is 36.8 Å². The molecule has 9 nitrogen and oxygen atoms in total. The van der Waals surface area contributed by atoms with E-state index in [4.69, 9.17) is 0 Å². The van der Waals surface area contributed by atoms with Crippen LogP contribution in [0.4, 0.5) is 5.69 Å². The third kappa shape index (κ3) is 2.98. The Morgan fingerprint density at radius 1 is 1.32 bits per heavy atom. The fraction of sp³-hybridized carbons (Fsp3) is 0.250. The maximum Gasteiger partial charge on any atom is 0.308 e. The highest BCUT2D eigenvalue weighted by molar-refractivity contribution is 7.87. The summed E-state index contributed by atoms with van der Waals surface area (Å²) in [7, 11) is -0.949. The summed E-state index contributed by atoms with van der Waals surface area (Å²) in [5.74, 6) is 0. The Morgan fingerprint density at radius 3 is 2.41 bits per heavy atom. The van der Waals surface area contributed by atoms with Crippen LogP contribution in [0.5, 0.6) is 0 Å². The SMILES string of the molecule is CN(C)S(=O)(=O)n1cnc(C(O)c2ccc([N+](=O)[O-])cc2)c1. The van der Waals surface area contributed by atoms with Crippen molar-refractivity contribution < 1.29 is 18.4 Å². The van der Waals surface area contributed by atoms with Gasteiger partial charge in [-0.3, -0.25) is 10.1 Å². The lowest BCUT2D eigenvalue weighted by molar-refractivity contribution is -0.384. The van der Waals surface area contributed by atoms with Crippen molar-refractivity contribution in [3.05, 3.63) is 58.2 Å². The molecule has 118 valence electrons. The van der Waals surface area contributed by atoms with Crippen LogP contribution in [0.25, 0.3) is 0 Å². The lowest BCUT2D eigenvalue weighted by Gasteiger charge is -2.11. The minimum Gasteiger partial charge on any atom is -0.382 e. The second kappa shape index (κ2) is 5.83. The molecule has 1 unspecified atom stereocenters. The summed E-state index contributed by atoms with van der Waals surface area (Å²) < 4.78 is 25.7. The third-order valence-electron chi connectivity index (χ3n) is 3.01. The molecule has 22 heavy (non-hydrogen) atoms. The van der Waals surface area contributed by atoms with Gasteiger partial charge in [0.15, 0.2) is 0 Å². The molecule has 0 aliphatic carbocycles. The number of aromatic nitrogens is 2. The summed E-state index contributed by atoms with van der Waals surface area (Å²) in [6, 6.07) is 5.29. The molecule has 0 fully saturated rings. The van der Waals surface area contributed by atoms with Crippen LogP contribution in [-0.2, 0) is 10.2 Å². The number of nitrogens with zero attached hydrogens (tertiary/aromatic N) is 4. The standard InChI is InChI=1S/C12H14N4O5S/c1-14(2)22(20,21)15-7-11(13-8-15)12(17)9-3-5-10(6-4-9)16(18)19/h3-8,12,17H,1-2H3. The number of benzene rings is 1. The van der Waals surface area contributed by atoms with E-state index in [1.807, 2.05) is 0 Å². The molecule has 0 spiro atoms. The molecule has 0 radical (unpaired) electrons. The Hall–Kier alpha value is -2.30. The van der Waals surface area contributed by atoms with Gasteiger partial charge in [0, 0.05) is 32.4 Å². The summed E-state index contributed by atoms with van der Waals surface area (Å²) >= 11 is 0. The van der Waals surface area contributed by atoms with Gasteiger partial charge in [0.05, 0.1) is 10.6 Å². The van der Waals surface area contributed by atoms with Crippen molar-refractivity contribution in [3.63, 3.8) is 0 Å². The smallest absolute Gasteiger partial charge is 0.308 e. The zero-order valence-corrected chi connectivity index (χ0v) is 12.6. The van der Waals surface area contributed by atoms with Crippen molar-refractivity contribution in [1.29, 1.82) is 0 Å². The quantitative estimate of drug-likeness (QED) is 0.632. The fourth-order valence-corrected chi connectivity index (χ4v) is 2.51. The molecule has 0 saturated heterocycles. The molecule has 10 heteroatoms.